The normalized spacial score (nSPS) is 23.6. The molecule has 1 aromatic carbocycles. The lowest BCUT2D eigenvalue weighted by Crippen LogP contribution is -2.49. The molecule has 0 unspecified atom stereocenters. The van der Waals surface area contributed by atoms with Gasteiger partial charge in [-0.3, -0.25) is 0 Å². The van der Waals surface area contributed by atoms with E-state index in [0.717, 1.165) is 55.8 Å². The monoisotopic (exact) mass is 488 g/mol. The molecule has 8 nitrogen and oxygen atoms in total. The van der Waals surface area contributed by atoms with E-state index < -0.39 is 5.82 Å². The topological polar surface area (TPSA) is 82.6 Å². The third-order valence-electron chi connectivity index (χ3n) is 6.97. The molecule has 2 aromatic rings. The molecule has 0 radical (unpaired) electrons. The van der Waals surface area contributed by atoms with Crippen LogP contribution in [0, 0.1) is 5.82 Å². The fourth-order valence-electron chi connectivity index (χ4n) is 5.05. The number of fused-ring (bicyclic) bond motifs is 1. The largest absolute Gasteiger partial charge is 0.381 e. The van der Waals surface area contributed by atoms with Crippen LogP contribution in [-0.2, 0) is 17.7 Å². The van der Waals surface area contributed by atoms with E-state index in [-0.39, 0.29) is 23.0 Å². The molecule has 3 aliphatic heterocycles. The highest BCUT2D eigenvalue weighted by Crippen LogP contribution is 2.30. The fraction of sp³-hybridized carbons (Fsp3) is 0.542. The molecule has 0 bridgehead atoms. The first-order valence-corrected chi connectivity index (χ1v) is 12.2. The van der Waals surface area contributed by atoms with E-state index in [1.54, 1.807) is 11.0 Å². The molecule has 182 valence electrons. The average Bonchev–Trinajstić information content (AvgIpc) is 3.20. The van der Waals surface area contributed by atoms with Crippen molar-refractivity contribution in [1.82, 2.24) is 25.1 Å². The Labute approximate surface area is 203 Å². The third-order valence-corrected chi connectivity index (χ3v) is 7.28. The van der Waals surface area contributed by atoms with E-state index in [4.69, 9.17) is 21.3 Å². The van der Waals surface area contributed by atoms with Crippen molar-refractivity contribution in [2.75, 3.05) is 45.2 Å². The minimum Gasteiger partial charge on any atom is -0.381 e. The van der Waals surface area contributed by atoms with Gasteiger partial charge in [0, 0.05) is 51.0 Å². The second-order valence-electron chi connectivity index (χ2n) is 9.43. The molecule has 1 aromatic heterocycles. The Hall–Kier alpha value is -2.49. The van der Waals surface area contributed by atoms with Crippen molar-refractivity contribution in [2.45, 2.75) is 43.8 Å². The molecule has 0 spiro atoms. The molecule has 5 rings (SSSR count). The summed E-state index contributed by atoms with van der Waals surface area (Å²) in [4.78, 5) is 26.3. The van der Waals surface area contributed by atoms with Crippen molar-refractivity contribution in [2.24, 2.45) is 0 Å². The van der Waals surface area contributed by atoms with Crippen molar-refractivity contribution in [3.8, 4) is 0 Å². The number of aromatic nitrogens is 2. The zero-order valence-electron chi connectivity index (χ0n) is 19.3. The number of nitrogens with zero attached hydrogens (tertiary/aromatic N) is 4. The van der Waals surface area contributed by atoms with Gasteiger partial charge < -0.3 is 25.2 Å². The highest BCUT2D eigenvalue weighted by molar-refractivity contribution is 6.30. The first kappa shape index (κ1) is 23.3. The van der Waals surface area contributed by atoms with Crippen molar-refractivity contribution >= 4 is 23.6 Å². The summed E-state index contributed by atoms with van der Waals surface area (Å²) in [7, 11) is 2.01. The Morgan fingerprint density at radius 3 is 2.88 bits per heavy atom. The van der Waals surface area contributed by atoms with Gasteiger partial charge in [0.1, 0.15) is 5.82 Å². The molecule has 2 amide bonds. The minimum atomic E-state index is -0.434. The number of urea groups is 1. The summed E-state index contributed by atoms with van der Waals surface area (Å²) in [6.45, 7) is 3.98. The Kier molecular flexibility index (Phi) is 6.85. The predicted molar refractivity (Wildman–Crippen MR) is 128 cm³/mol. The van der Waals surface area contributed by atoms with Gasteiger partial charge in [0.25, 0.3) is 0 Å². The summed E-state index contributed by atoms with van der Waals surface area (Å²) in [6.07, 6.45) is 4.46. The van der Waals surface area contributed by atoms with E-state index in [1.807, 2.05) is 19.3 Å². The number of carbonyl (C=O) groups is 1. The number of ether oxygens (including phenoxy) is 1. The number of hydrogen-bond donors (Lipinski definition) is 2. The van der Waals surface area contributed by atoms with Crippen LogP contribution in [0.25, 0.3) is 0 Å². The minimum absolute atomic E-state index is 0.00426. The van der Waals surface area contributed by atoms with Gasteiger partial charge in [-0.1, -0.05) is 17.7 Å². The summed E-state index contributed by atoms with van der Waals surface area (Å²) >= 11 is 5.86. The number of benzene rings is 1. The van der Waals surface area contributed by atoms with Gasteiger partial charge in [-0.15, -0.1) is 0 Å². The molecule has 4 heterocycles. The van der Waals surface area contributed by atoms with Gasteiger partial charge in [-0.05, 0) is 49.6 Å². The van der Waals surface area contributed by atoms with Crippen LogP contribution in [0.4, 0.5) is 15.1 Å². The summed E-state index contributed by atoms with van der Waals surface area (Å²) in [5, 5.41) is 6.70. The number of rotatable bonds is 4. The van der Waals surface area contributed by atoms with E-state index in [0.29, 0.717) is 31.6 Å². The van der Waals surface area contributed by atoms with E-state index in [1.165, 1.54) is 6.07 Å². The molecule has 0 saturated carbocycles. The Balaban J connectivity index is 1.24. The summed E-state index contributed by atoms with van der Waals surface area (Å²) in [5.74, 6) is 0.168. The zero-order valence-corrected chi connectivity index (χ0v) is 20.0. The fourth-order valence-corrected chi connectivity index (χ4v) is 5.17. The highest BCUT2D eigenvalue weighted by Gasteiger charge is 2.35. The predicted octanol–water partition coefficient (Wildman–Crippen LogP) is 3.03. The molecule has 0 aliphatic carbocycles. The molecule has 2 saturated heterocycles. The maximum absolute atomic E-state index is 14.1. The molecular weight excluding hydrogens is 459 g/mol. The quantitative estimate of drug-likeness (QED) is 0.688. The Bertz CT molecular complexity index is 1050. The molecule has 2 N–H and O–H groups in total. The third kappa shape index (κ3) is 5.11. The molecule has 2 atom stereocenters. The number of nitrogens with one attached hydrogen (secondary N) is 2. The maximum atomic E-state index is 14.1. The number of likely N-dealkylation sites (tertiary alicyclic amines) is 1. The van der Waals surface area contributed by atoms with Gasteiger partial charge in [-0.2, -0.15) is 0 Å². The highest BCUT2D eigenvalue weighted by atomic mass is 35.5. The Morgan fingerprint density at radius 1 is 1.26 bits per heavy atom. The average molecular weight is 489 g/mol. The first-order valence-electron chi connectivity index (χ1n) is 11.8. The molecular formula is C24H30ClFN6O2. The SMILES string of the molecule is CN1C[C@@H](NC(=O)N2CCc3cnc(NC4CCOCC4)nc3C2)[C@H](c2ccc(Cl)c(F)c2)C1. The van der Waals surface area contributed by atoms with E-state index in [2.05, 4.69) is 20.5 Å². The number of anilines is 1. The van der Waals surface area contributed by atoms with Gasteiger partial charge in [-0.25, -0.2) is 19.2 Å². The second-order valence-corrected chi connectivity index (χ2v) is 9.83. The maximum Gasteiger partial charge on any atom is 0.318 e. The van der Waals surface area contributed by atoms with Crippen LogP contribution >= 0.6 is 11.6 Å². The van der Waals surface area contributed by atoms with Gasteiger partial charge >= 0.3 is 6.03 Å². The van der Waals surface area contributed by atoms with Gasteiger partial charge in [0.05, 0.1) is 23.3 Å². The number of likely N-dealkylation sites (N-methyl/N-ethyl adjacent to an activating group) is 1. The van der Waals surface area contributed by atoms with Crippen molar-refractivity contribution in [3.05, 3.63) is 52.1 Å². The van der Waals surface area contributed by atoms with Crippen LogP contribution in [0.3, 0.4) is 0 Å². The van der Waals surface area contributed by atoms with Crippen molar-refractivity contribution < 1.29 is 13.9 Å². The first-order chi connectivity index (χ1) is 16.5. The van der Waals surface area contributed by atoms with Crippen LogP contribution in [0.1, 0.15) is 35.6 Å². The summed E-state index contributed by atoms with van der Waals surface area (Å²) in [6, 6.07) is 4.97. The standard InChI is InChI=1S/C24H30ClFN6O2/c1-31-12-18(15-2-3-19(25)20(26)10-15)22(13-31)30-24(33)32-7-4-16-11-27-23(29-21(16)14-32)28-17-5-8-34-9-6-17/h2-3,10-11,17-18,22H,4-9,12-14H2,1H3,(H,30,33)(H,27,28,29)/t18-,22+/m0/s1. The lowest BCUT2D eigenvalue weighted by molar-refractivity contribution is 0.0903. The lowest BCUT2D eigenvalue weighted by Gasteiger charge is -2.31. The smallest absolute Gasteiger partial charge is 0.318 e. The summed E-state index contributed by atoms with van der Waals surface area (Å²) in [5.41, 5.74) is 2.81. The lowest BCUT2D eigenvalue weighted by atomic mass is 9.94. The molecule has 10 heteroatoms. The molecule has 3 aliphatic rings. The van der Waals surface area contributed by atoms with Gasteiger partial charge in [0.15, 0.2) is 0 Å². The Morgan fingerprint density at radius 2 is 2.09 bits per heavy atom. The van der Waals surface area contributed by atoms with Crippen LogP contribution in [0.2, 0.25) is 5.02 Å². The zero-order chi connectivity index (χ0) is 23.7. The number of hydrogen-bond acceptors (Lipinski definition) is 6. The number of amides is 2. The number of halogens is 2. The number of carbonyl (C=O) groups excluding carboxylic acids is 1. The van der Waals surface area contributed by atoms with Crippen molar-refractivity contribution in [1.29, 1.82) is 0 Å². The second kappa shape index (κ2) is 10.0. The van der Waals surface area contributed by atoms with Crippen LogP contribution < -0.4 is 10.6 Å². The van der Waals surface area contributed by atoms with Crippen LogP contribution in [0.15, 0.2) is 24.4 Å². The van der Waals surface area contributed by atoms with Crippen LogP contribution in [-0.4, -0.2) is 77.8 Å². The van der Waals surface area contributed by atoms with E-state index >= 15 is 0 Å². The molecule has 34 heavy (non-hydrogen) atoms. The van der Waals surface area contributed by atoms with Gasteiger partial charge in [0.2, 0.25) is 5.95 Å². The van der Waals surface area contributed by atoms with E-state index in [9.17, 15) is 9.18 Å². The van der Waals surface area contributed by atoms with Crippen molar-refractivity contribution in [3.63, 3.8) is 0 Å². The molecule has 2 fully saturated rings. The summed E-state index contributed by atoms with van der Waals surface area (Å²) < 4.78 is 19.5. The van der Waals surface area contributed by atoms with Crippen LogP contribution in [0.5, 0.6) is 0 Å².